The maximum absolute atomic E-state index is 12.1. The Morgan fingerprint density at radius 1 is 1.14 bits per heavy atom. The summed E-state index contributed by atoms with van der Waals surface area (Å²) in [7, 11) is 1.23. The maximum Gasteiger partial charge on any atom is 0.337 e. The summed E-state index contributed by atoms with van der Waals surface area (Å²) in [6.07, 6.45) is -8.71. The number of carbonyl (C=O) groups excluding carboxylic acids is 1. The zero-order chi connectivity index (χ0) is 20.6. The Balaban J connectivity index is 1.81. The molecule has 3 aliphatic rings. The van der Waals surface area contributed by atoms with Gasteiger partial charge in [0.2, 0.25) is 6.29 Å². The summed E-state index contributed by atoms with van der Waals surface area (Å²) < 4.78 is 26.8. The molecule has 3 rings (SSSR count). The quantitative estimate of drug-likeness (QED) is 0.315. The van der Waals surface area contributed by atoms with Crippen LogP contribution in [-0.4, -0.2) is 94.6 Å². The molecule has 0 aliphatic carbocycles. The first-order chi connectivity index (χ1) is 13.3. The number of methoxy groups -OCH3 is 1. The van der Waals surface area contributed by atoms with Crippen LogP contribution in [0, 0.1) is 11.8 Å². The Hall–Kier alpha value is -1.31. The molecule has 5 N–H and O–H groups in total. The van der Waals surface area contributed by atoms with Crippen LogP contribution in [0.3, 0.4) is 0 Å². The van der Waals surface area contributed by atoms with E-state index in [0.29, 0.717) is 0 Å². The van der Waals surface area contributed by atoms with Gasteiger partial charge in [-0.15, -0.1) is 0 Å². The fourth-order valence-corrected chi connectivity index (χ4v) is 3.91. The van der Waals surface area contributed by atoms with Crippen LogP contribution in [-0.2, 0) is 28.5 Å². The van der Waals surface area contributed by atoms with Crippen molar-refractivity contribution in [2.24, 2.45) is 11.8 Å². The highest BCUT2D eigenvalue weighted by Gasteiger charge is 2.51. The first-order valence-electron chi connectivity index (χ1n) is 9.01. The van der Waals surface area contributed by atoms with Crippen LogP contribution in [0.25, 0.3) is 0 Å². The van der Waals surface area contributed by atoms with Crippen molar-refractivity contribution in [3.8, 4) is 0 Å². The Bertz CT molecular complexity index is 594. The molecule has 28 heavy (non-hydrogen) atoms. The van der Waals surface area contributed by atoms with Crippen LogP contribution < -0.4 is 0 Å². The van der Waals surface area contributed by atoms with E-state index < -0.39 is 73.8 Å². The first-order valence-corrected chi connectivity index (χ1v) is 9.01. The van der Waals surface area contributed by atoms with Crippen molar-refractivity contribution in [1.29, 1.82) is 0 Å². The van der Waals surface area contributed by atoms with Gasteiger partial charge < -0.3 is 49.2 Å². The van der Waals surface area contributed by atoms with Gasteiger partial charge in [-0.3, -0.25) is 0 Å². The fraction of sp³-hybridized carbons (Fsp3) is 0.824. The van der Waals surface area contributed by atoms with Gasteiger partial charge in [0, 0.05) is 12.3 Å². The van der Waals surface area contributed by atoms with Crippen molar-refractivity contribution in [3.63, 3.8) is 0 Å². The molecule has 0 radical (unpaired) electrons. The number of aliphatic hydroxyl groups excluding tert-OH is 5. The number of carbonyl (C=O) groups is 1. The molecule has 0 aromatic carbocycles. The van der Waals surface area contributed by atoms with Crippen LogP contribution in [0.15, 0.2) is 11.8 Å². The van der Waals surface area contributed by atoms with Gasteiger partial charge >= 0.3 is 5.97 Å². The summed E-state index contributed by atoms with van der Waals surface area (Å²) in [5.41, 5.74) is 0.218. The van der Waals surface area contributed by atoms with Crippen molar-refractivity contribution in [2.75, 3.05) is 13.7 Å². The minimum atomic E-state index is -1.60. The lowest BCUT2D eigenvalue weighted by atomic mass is 9.77. The summed E-state index contributed by atoms with van der Waals surface area (Å²) in [5.74, 6) is -1.67. The Morgan fingerprint density at radius 3 is 2.50 bits per heavy atom. The van der Waals surface area contributed by atoms with Crippen molar-refractivity contribution < 1.29 is 54.0 Å². The zero-order valence-corrected chi connectivity index (χ0v) is 15.5. The molecule has 10 atom stereocenters. The molecule has 2 fully saturated rings. The number of aliphatic hydroxyl groups is 5. The molecule has 0 amide bonds. The second-order valence-corrected chi connectivity index (χ2v) is 7.12. The summed E-state index contributed by atoms with van der Waals surface area (Å²) in [5, 5.41) is 49.2. The number of hydrogen-bond acceptors (Lipinski definition) is 11. The lowest BCUT2D eigenvalue weighted by Crippen LogP contribution is -2.61. The summed E-state index contributed by atoms with van der Waals surface area (Å²) in [4.78, 5) is 12.1. The van der Waals surface area contributed by atoms with Gasteiger partial charge in [-0.2, -0.15) is 0 Å². The van der Waals surface area contributed by atoms with Gasteiger partial charge in [-0.1, -0.05) is 0 Å². The van der Waals surface area contributed by atoms with E-state index >= 15 is 0 Å². The van der Waals surface area contributed by atoms with E-state index in [2.05, 4.69) is 0 Å². The third kappa shape index (κ3) is 3.89. The molecule has 11 nitrogen and oxygen atoms in total. The molecule has 0 saturated carbocycles. The molecule has 0 aromatic rings. The van der Waals surface area contributed by atoms with Gasteiger partial charge in [0.1, 0.15) is 24.4 Å². The number of fused-ring (bicyclic) bond motifs is 1. The van der Waals surface area contributed by atoms with Crippen LogP contribution >= 0.6 is 0 Å². The second kappa shape index (κ2) is 8.59. The molecule has 3 unspecified atom stereocenters. The highest BCUT2D eigenvalue weighted by atomic mass is 16.8. The van der Waals surface area contributed by atoms with Crippen LogP contribution in [0.4, 0.5) is 0 Å². The van der Waals surface area contributed by atoms with Crippen molar-refractivity contribution in [2.45, 2.75) is 62.7 Å². The van der Waals surface area contributed by atoms with Gasteiger partial charge in [-0.25, -0.2) is 4.79 Å². The van der Waals surface area contributed by atoms with E-state index in [4.69, 9.17) is 23.7 Å². The number of hydrogen-bond donors (Lipinski definition) is 5. The number of esters is 1. The molecule has 0 aromatic heterocycles. The second-order valence-electron chi connectivity index (χ2n) is 7.12. The number of rotatable bonds is 4. The third-order valence-corrected chi connectivity index (χ3v) is 5.41. The zero-order valence-electron chi connectivity index (χ0n) is 15.5. The van der Waals surface area contributed by atoms with Gasteiger partial charge in [0.05, 0.1) is 37.6 Å². The van der Waals surface area contributed by atoms with E-state index in [1.54, 1.807) is 6.92 Å². The van der Waals surface area contributed by atoms with Crippen molar-refractivity contribution in [3.05, 3.63) is 11.8 Å². The highest BCUT2D eigenvalue weighted by molar-refractivity contribution is 5.88. The molecule has 3 aliphatic heterocycles. The normalized spacial score (nSPS) is 46.2. The van der Waals surface area contributed by atoms with Crippen LogP contribution in [0.5, 0.6) is 0 Å². The van der Waals surface area contributed by atoms with E-state index in [-0.39, 0.29) is 12.0 Å². The van der Waals surface area contributed by atoms with E-state index in [0.717, 1.165) is 0 Å². The van der Waals surface area contributed by atoms with Gasteiger partial charge in [0.25, 0.3) is 0 Å². The largest absolute Gasteiger partial charge is 0.471 e. The Morgan fingerprint density at radius 2 is 1.86 bits per heavy atom. The monoisotopic (exact) mass is 406 g/mol. The predicted molar refractivity (Wildman–Crippen MR) is 88.0 cm³/mol. The summed E-state index contributed by atoms with van der Waals surface area (Å²) in [6.45, 7) is 1.08. The van der Waals surface area contributed by atoms with E-state index in [1.165, 1.54) is 13.4 Å². The molecule has 0 bridgehead atoms. The Labute approximate surface area is 161 Å². The average Bonchev–Trinajstić information content (AvgIpc) is 2.67. The Kier molecular flexibility index (Phi) is 6.57. The van der Waals surface area contributed by atoms with Crippen molar-refractivity contribution in [1.82, 2.24) is 0 Å². The van der Waals surface area contributed by atoms with Gasteiger partial charge in [-0.05, 0) is 6.92 Å². The standard InChI is InChI=1S/C17H26O11/c1-6-11-7(3-10(19)26-6)8(15(23)24-2)5-25-16(11)28-17-14(22)13(21)12(20)9(4-18)27-17/h5-7,9-14,16-22H,3-4H2,1-2H3/t6-,7?,9-,10-,11?,12-,13-,14-,16?,17+/m1/s1. The topological polar surface area (TPSA) is 164 Å². The molecule has 11 heteroatoms. The summed E-state index contributed by atoms with van der Waals surface area (Å²) >= 11 is 0. The molecule has 2 saturated heterocycles. The lowest BCUT2D eigenvalue weighted by molar-refractivity contribution is -0.352. The maximum atomic E-state index is 12.1. The van der Waals surface area contributed by atoms with Crippen LogP contribution in [0.1, 0.15) is 13.3 Å². The van der Waals surface area contributed by atoms with Gasteiger partial charge in [0.15, 0.2) is 12.6 Å². The molecule has 0 spiro atoms. The van der Waals surface area contributed by atoms with Crippen molar-refractivity contribution >= 4 is 5.97 Å². The third-order valence-electron chi connectivity index (χ3n) is 5.41. The minimum absolute atomic E-state index is 0.105. The molecule has 3 heterocycles. The van der Waals surface area contributed by atoms with E-state index in [1.807, 2.05) is 0 Å². The first kappa shape index (κ1) is 21.4. The highest BCUT2D eigenvalue weighted by Crippen LogP contribution is 2.42. The lowest BCUT2D eigenvalue weighted by Gasteiger charge is -2.47. The fourth-order valence-electron chi connectivity index (χ4n) is 3.91. The van der Waals surface area contributed by atoms with E-state index in [9.17, 15) is 30.3 Å². The number of ether oxygens (including phenoxy) is 5. The van der Waals surface area contributed by atoms with Crippen LogP contribution in [0.2, 0.25) is 0 Å². The minimum Gasteiger partial charge on any atom is -0.471 e. The SMILES string of the molecule is COC(=O)C1=COC(O[C@@H]2O[C@H](CO)[C@@H](O)[C@@H](O)[C@H]2O)C2C1C[C@H](O)O[C@@H]2C. The summed E-state index contributed by atoms with van der Waals surface area (Å²) in [6, 6.07) is 0. The smallest absolute Gasteiger partial charge is 0.337 e. The average molecular weight is 406 g/mol. The predicted octanol–water partition coefficient (Wildman–Crippen LogP) is -2.42. The molecule has 160 valence electrons. The molecular formula is C17H26O11. The molecular weight excluding hydrogens is 380 g/mol.